The van der Waals surface area contributed by atoms with Gasteiger partial charge in [-0.2, -0.15) is 5.26 Å². The van der Waals surface area contributed by atoms with E-state index in [4.69, 9.17) is 9.73 Å². The van der Waals surface area contributed by atoms with E-state index in [1.807, 2.05) is 80.6 Å². The van der Waals surface area contributed by atoms with Gasteiger partial charge >= 0.3 is 5.97 Å². The molecule has 1 atom stereocenters. The van der Waals surface area contributed by atoms with E-state index in [9.17, 15) is 14.9 Å². The Labute approximate surface area is 274 Å². The molecular weight excluding hydrogens is 613 g/mol. The van der Waals surface area contributed by atoms with Crippen LogP contribution >= 0.6 is 22.7 Å². The molecule has 9 heteroatoms. The molecule has 0 amide bonds. The molecule has 0 saturated carbocycles. The Hall–Kier alpha value is -4.78. The minimum atomic E-state index is -0.711. The van der Waals surface area contributed by atoms with Gasteiger partial charge in [-0.1, -0.05) is 72.0 Å². The minimum Gasteiger partial charge on any atom is -0.463 e. The molecular formula is C37H32N4O3S2. The van der Waals surface area contributed by atoms with Gasteiger partial charge in [0.25, 0.3) is 5.56 Å². The van der Waals surface area contributed by atoms with Crippen molar-refractivity contribution >= 4 is 40.4 Å². The summed E-state index contributed by atoms with van der Waals surface area (Å²) in [7, 11) is 0. The van der Waals surface area contributed by atoms with Crippen molar-refractivity contribution in [3.05, 3.63) is 136 Å². The fourth-order valence-corrected chi connectivity index (χ4v) is 9.04. The number of rotatable bonds is 6. The summed E-state index contributed by atoms with van der Waals surface area (Å²) in [6.07, 6.45) is 6.15. The number of carbonyl (C=O) groups is 1. The highest BCUT2D eigenvalue weighted by Crippen LogP contribution is 2.39. The van der Waals surface area contributed by atoms with Gasteiger partial charge in [0.2, 0.25) is 0 Å². The highest BCUT2D eigenvalue weighted by molar-refractivity contribution is 7.15. The van der Waals surface area contributed by atoms with Gasteiger partial charge in [0, 0.05) is 21.8 Å². The summed E-state index contributed by atoms with van der Waals surface area (Å²) in [4.78, 5) is 34.8. The number of esters is 1. The summed E-state index contributed by atoms with van der Waals surface area (Å²) >= 11 is 3.03. The topological polar surface area (TPSA) is 89.4 Å². The van der Waals surface area contributed by atoms with Crippen molar-refractivity contribution in [1.82, 2.24) is 9.13 Å². The maximum Gasteiger partial charge on any atom is 0.338 e. The zero-order valence-corrected chi connectivity index (χ0v) is 27.5. The zero-order valence-electron chi connectivity index (χ0n) is 25.9. The molecule has 3 aromatic heterocycles. The fraction of sp³-hybridized carbons (Fsp3) is 0.243. The smallest absolute Gasteiger partial charge is 0.338 e. The number of benzene rings is 2. The average molecular weight is 645 g/mol. The number of carbonyl (C=O) groups excluding carboxylic acids is 1. The van der Waals surface area contributed by atoms with E-state index < -0.39 is 12.0 Å². The van der Waals surface area contributed by atoms with Gasteiger partial charge in [0.1, 0.15) is 11.1 Å². The summed E-state index contributed by atoms with van der Waals surface area (Å²) in [6, 6.07) is 23.0. The Bertz CT molecular complexity index is 2250. The van der Waals surface area contributed by atoms with Gasteiger partial charge in [0.15, 0.2) is 4.80 Å². The molecule has 0 bridgehead atoms. The van der Waals surface area contributed by atoms with Crippen LogP contribution in [-0.2, 0) is 22.4 Å². The maximum atomic E-state index is 14.3. The van der Waals surface area contributed by atoms with Crippen LogP contribution in [0.4, 0.5) is 0 Å². The lowest BCUT2D eigenvalue weighted by Crippen LogP contribution is -2.40. The summed E-state index contributed by atoms with van der Waals surface area (Å²) in [6.45, 7) is 6.05. The van der Waals surface area contributed by atoms with Crippen molar-refractivity contribution in [1.29, 1.82) is 5.26 Å². The third kappa shape index (κ3) is 4.98. The second-order valence-corrected chi connectivity index (χ2v) is 13.6. The largest absolute Gasteiger partial charge is 0.463 e. The lowest BCUT2D eigenvalue weighted by molar-refractivity contribution is -0.138. The predicted octanol–water partition coefficient (Wildman–Crippen LogP) is 6.16. The second-order valence-electron chi connectivity index (χ2n) is 11.5. The molecule has 0 fully saturated rings. The van der Waals surface area contributed by atoms with Gasteiger partial charge in [-0.3, -0.25) is 9.36 Å². The van der Waals surface area contributed by atoms with Crippen LogP contribution in [0.3, 0.4) is 0 Å². The SMILES string of the molecule is CCOC(=O)C1=C(c2ccccc2)N=c2s/c(=C/c3cc(C)n(-c4sc5c(c4C#N)CCCC5)c3C)c(=O)n2[C@H]1c1ccccc1. The quantitative estimate of drug-likeness (QED) is 0.207. The molecule has 0 N–H and O–H groups in total. The number of thiazole rings is 1. The molecule has 4 heterocycles. The van der Waals surface area contributed by atoms with Crippen molar-refractivity contribution in [2.45, 2.75) is 52.5 Å². The van der Waals surface area contributed by atoms with Crippen LogP contribution in [0.15, 0.2) is 82.1 Å². The molecule has 0 saturated heterocycles. The fourth-order valence-electron chi connectivity index (χ4n) is 6.60. The van der Waals surface area contributed by atoms with Crippen molar-refractivity contribution in [2.75, 3.05) is 6.61 Å². The average Bonchev–Trinajstić information content (AvgIpc) is 3.70. The molecule has 0 radical (unpaired) electrons. The summed E-state index contributed by atoms with van der Waals surface area (Å²) in [5, 5.41) is 11.1. The van der Waals surface area contributed by atoms with E-state index in [0.717, 1.165) is 64.3 Å². The van der Waals surface area contributed by atoms with E-state index >= 15 is 0 Å². The Morgan fingerprint density at radius 2 is 1.78 bits per heavy atom. The first-order valence-electron chi connectivity index (χ1n) is 15.5. The van der Waals surface area contributed by atoms with Gasteiger partial charge < -0.3 is 9.30 Å². The molecule has 7 rings (SSSR count). The zero-order chi connectivity index (χ0) is 31.9. The molecule has 1 aliphatic heterocycles. The molecule has 0 unspecified atom stereocenters. The third-order valence-electron chi connectivity index (χ3n) is 8.71. The molecule has 2 aromatic carbocycles. The van der Waals surface area contributed by atoms with Gasteiger partial charge in [-0.15, -0.1) is 11.3 Å². The second kappa shape index (κ2) is 12.2. The van der Waals surface area contributed by atoms with Gasteiger partial charge in [-0.05, 0) is 75.3 Å². The number of hydrogen-bond donors (Lipinski definition) is 0. The van der Waals surface area contributed by atoms with Crippen LogP contribution in [0.1, 0.15) is 69.9 Å². The van der Waals surface area contributed by atoms with Gasteiger partial charge in [0.05, 0.1) is 34.0 Å². The first-order chi connectivity index (χ1) is 22.4. The van der Waals surface area contributed by atoms with Crippen molar-refractivity contribution in [3.8, 4) is 11.1 Å². The molecule has 5 aromatic rings. The first kappa shape index (κ1) is 29.9. The van der Waals surface area contributed by atoms with E-state index in [0.29, 0.717) is 20.6 Å². The van der Waals surface area contributed by atoms with Crippen LogP contribution in [0.2, 0.25) is 0 Å². The lowest BCUT2D eigenvalue weighted by atomic mass is 9.93. The highest BCUT2D eigenvalue weighted by atomic mass is 32.1. The Morgan fingerprint density at radius 3 is 2.50 bits per heavy atom. The summed E-state index contributed by atoms with van der Waals surface area (Å²) in [5.41, 5.74) is 7.04. The van der Waals surface area contributed by atoms with Crippen molar-refractivity contribution in [3.63, 3.8) is 0 Å². The normalized spacial score (nSPS) is 16.0. The monoisotopic (exact) mass is 644 g/mol. The summed E-state index contributed by atoms with van der Waals surface area (Å²) in [5.74, 6) is -0.497. The molecule has 0 spiro atoms. The lowest BCUT2D eigenvalue weighted by Gasteiger charge is -2.25. The number of aryl methyl sites for hydroxylation is 2. The summed E-state index contributed by atoms with van der Waals surface area (Å²) < 4.78 is 9.87. The number of fused-ring (bicyclic) bond motifs is 2. The van der Waals surface area contributed by atoms with Crippen LogP contribution in [0.25, 0.3) is 16.8 Å². The Morgan fingerprint density at radius 1 is 1.07 bits per heavy atom. The minimum absolute atomic E-state index is 0.201. The highest BCUT2D eigenvalue weighted by Gasteiger charge is 2.35. The van der Waals surface area contributed by atoms with Crippen molar-refractivity contribution < 1.29 is 9.53 Å². The number of thiophene rings is 1. The Kier molecular flexibility index (Phi) is 7.93. The van der Waals surface area contributed by atoms with Crippen LogP contribution in [0.5, 0.6) is 0 Å². The molecule has 1 aliphatic carbocycles. The predicted molar refractivity (Wildman–Crippen MR) is 182 cm³/mol. The van der Waals surface area contributed by atoms with Crippen LogP contribution in [-0.4, -0.2) is 21.7 Å². The third-order valence-corrected chi connectivity index (χ3v) is 11.0. The molecule has 2 aliphatic rings. The molecule has 7 nitrogen and oxygen atoms in total. The van der Waals surface area contributed by atoms with E-state index in [2.05, 4.69) is 16.7 Å². The molecule has 46 heavy (non-hydrogen) atoms. The number of hydrogen-bond acceptors (Lipinski definition) is 7. The van der Waals surface area contributed by atoms with E-state index in [1.54, 1.807) is 22.8 Å². The Balaban J connectivity index is 1.43. The number of nitriles is 1. The first-order valence-corrected chi connectivity index (χ1v) is 17.1. The number of ether oxygens (including phenoxy) is 1. The van der Waals surface area contributed by atoms with Crippen LogP contribution < -0.4 is 14.9 Å². The molecule has 230 valence electrons. The number of nitrogens with zero attached hydrogens (tertiary/aromatic N) is 4. The number of aromatic nitrogens is 2. The maximum absolute atomic E-state index is 14.3. The van der Waals surface area contributed by atoms with Gasteiger partial charge in [-0.25, -0.2) is 9.79 Å². The van der Waals surface area contributed by atoms with Crippen LogP contribution in [0, 0.1) is 25.2 Å². The standard InChI is InChI=1S/C37H32N4O3S2/c1-4-44-36(43)31-32(24-13-7-5-8-14-24)39-37-41(33(31)25-15-9-6-10-16-25)34(42)30(46-37)20-26-19-22(2)40(23(26)3)35-28(21-38)27-17-11-12-18-29(27)45-35/h5-10,13-16,19-20,33H,4,11-12,17-18H2,1-3H3/b30-20+/t33-/m0/s1. The van der Waals surface area contributed by atoms with E-state index in [1.165, 1.54) is 21.8 Å². The van der Waals surface area contributed by atoms with E-state index in [-0.39, 0.29) is 12.2 Å². The van der Waals surface area contributed by atoms with Crippen molar-refractivity contribution in [2.24, 2.45) is 4.99 Å².